The first-order valence-corrected chi connectivity index (χ1v) is 17.3. The molecule has 0 spiro atoms. The fraction of sp³-hybridized carbons (Fsp3) is 0. The summed E-state index contributed by atoms with van der Waals surface area (Å²) in [4.78, 5) is 0. The Morgan fingerprint density at radius 3 is 1.33 bits per heavy atom. The van der Waals surface area contributed by atoms with Crippen molar-refractivity contribution in [2.45, 2.75) is 0 Å². The van der Waals surface area contributed by atoms with Gasteiger partial charge in [0.2, 0.25) is 0 Å². The molecule has 0 aliphatic heterocycles. The van der Waals surface area contributed by atoms with Crippen LogP contribution in [0.25, 0.3) is 120 Å². The predicted molar refractivity (Wildman–Crippen MR) is 212 cm³/mol. The van der Waals surface area contributed by atoms with Crippen LogP contribution in [-0.4, -0.2) is 0 Å². The first-order valence-electron chi connectivity index (χ1n) is 17.3. The molecule has 0 saturated heterocycles. The van der Waals surface area contributed by atoms with Crippen LogP contribution >= 0.6 is 0 Å². The molecule has 12 aromatic rings. The standard InChI is InChI=1S/C48H26O3/c1-3-12-33-31(10-1)44(28-20-22-40-37(25-28)30-9-5-7-15-38(30)49-40)32-11-2-4-13-34(32)45(33)29-17-21-36-43(26-29)51-42-24-19-27-18-23-41-47(46(27)48(36)42)35-14-6-8-16-39(35)50-41/h1-26H. The third-order valence-electron chi connectivity index (χ3n) is 10.8. The van der Waals surface area contributed by atoms with E-state index in [1.165, 1.54) is 49.0 Å². The maximum atomic E-state index is 6.71. The molecule has 0 saturated carbocycles. The Labute approximate surface area is 290 Å². The number of hydrogen-bond donors (Lipinski definition) is 0. The smallest absolute Gasteiger partial charge is 0.136 e. The van der Waals surface area contributed by atoms with Crippen LogP contribution in [0.1, 0.15) is 0 Å². The van der Waals surface area contributed by atoms with Gasteiger partial charge in [0, 0.05) is 37.7 Å². The van der Waals surface area contributed by atoms with Gasteiger partial charge in [0.15, 0.2) is 0 Å². The second kappa shape index (κ2) is 9.87. The molecule has 9 aromatic carbocycles. The van der Waals surface area contributed by atoms with Crippen LogP contribution < -0.4 is 0 Å². The van der Waals surface area contributed by atoms with E-state index in [9.17, 15) is 0 Å². The van der Waals surface area contributed by atoms with Crippen molar-refractivity contribution in [2.24, 2.45) is 0 Å². The maximum Gasteiger partial charge on any atom is 0.136 e. The third kappa shape index (κ3) is 3.67. The summed E-state index contributed by atoms with van der Waals surface area (Å²) in [6.45, 7) is 0. The van der Waals surface area contributed by atoms with E-state index in [1.54, 1.807) is 0 Å². The van der Waals surface area contributed by atoms with E-state index in [1.807, 2.05) is 24.3 Å². The Hall–Kier alpha value is -6.84. The first-order chi connectivity index (χ1) is 25.3. The van der Waals surface area contributed by atoms with Gasteiger partial charge < -0.3 is 13.3 Å². The fourth-order valence-corrected chi connectivity index (χ4v) is 8.68. The van der Waals surface area contributed by atoms with Crippen LogP contribution in [0.5, 0.6) is 0 Å². The van der Waals surface area contributed by atoms with E-state index in [2.05, 4.69) is 133 Å². The van der Waals surface area contributed by atoms with E-state index in [4.69, 9.17) is 13.3 Å². The van der Waals surface area contributed by atoms with Crippen molar-refractivity contribution >= 4 is 98.1 Å². The fourth-order valence-electron chi connectivity index (χ4n) is 8.68. The normalized spacial score (nSPS) is 12.3. The Balaban J connectivity index is 1.13. The number of hydrogen-bond acceptors (Lipinski definition) is 3. The molecule has 12 rings (SSSR count). The van der Waals surface area contributed by atoms with Crippen LogP contribution in [-0.2, 0) is 0 Å². The second-order valence-corrected chi connectivity index (χ2v) is 13.5. The van der Waals surface area contributed by atoms with Crippen molar-refractivity contribution in [3.63, 3.8) is 0 Å². The number of benzene rings is 9. The van der Waals surface area contributed by atoms with Gasteiger partial charge in [0.25, 0.3) is 0 Å². The van der Waals surface area contributed by atoms with Crippen molar-refractivity contribution in [3.8, 4) is 22.3 Å². The zero-order valence-electron chi connectivity index (χ0n) is 27.2. The van der Waals surface area contributed by atoms with Crippen LogP contribution in [0, 0.1) is 0 Å². The maximum absolute atomic E-state index is 6.71. The number of fused-ring (bicyclic) bond motifs is 14. The van der Waals surface area contributed by atoms with E-state index in [0.717, 1.165) is 71.4 Å². The molecule has 0 aliphatic rings. The Morgan fingerprint density at radius 1 is 0.255 bits per heavy atom. The van der Waals surface area contributed by atoms with Gasteiger partial charge in [-0.05, 0) is 97.7 Å². The van der Waals surface area contributed by atoms with Crippen molar-refractivity contribution in [1.82, 2.24) is 0 Å². The largest absolute Gasteiger partial charge is 0.456 e. The summed E-state index contributed by atoms with van der Waals surface area (Å²) in [6, 6.07) is 56.0. The summed E-state index contributed by atoms with van der Waals surface area (Å²) >= 11 is 0. The molecule has 3 nitrogen and oxygen atoms in total. The summed E-state index contributed by atoms with van der Waals surface area (Å²) in [5.74, 6) is 0. The highest BCUT2D eigenvalue weighted by atomic mass is 16.3. The summed E-state index contributed by atoms with van der Waals surface area (Å²) < 4.78 is 19.2. The molecule has 3 aromatic heterocycles. The van der Waals surface area contributed by atoms with Crippen LogP contribution in [0.3, 0.4) is 0 Å². The molecule has 0 radical (unpaired) electrons. The van der Waals surface area contributed by atoms with Gasteiger partial charge in [0.1, 0.15) is 33.5 Å². The van der Waals surface area contributed by atoms with Gasteiger partial charge in [-0.15, -0.1) is 0 Å². The van der Waals surface area contributed by atoms with Crippen molar-refractivity contribution in [1.29, 1.82) is 0 Å². The minimum Gasteiger partial charge on any atom is -0.456 e. The number of rotatable bonds is 2. The van der Waals surface area contributed by atoms with Gasteiger partial charge in [-0.25, -0.2) is 0 Å². The molecule has 3 heterocycles. The lowest BCUT2D eigenvalue weighted by atomic mass is 9.85. The van der Waals surface area contributed by atoms with Gasteiger partial charge in [0.05, 0.1) is 0 Å². The quantitative estimate of drug-likeness (QED) is 0.175. The van der Waals surface area contributed by atoms with Gasteiger partial charge in [-0.3, -0.25) is 0 Å². The molecule has 236 valence electrons. The minimum absolute atomic E-state index is 0.870. The van der Waals surface area contributed by atoms with Gasteiger partial charge in [-0.1, -0.05) is 109 Å². The number of para-hydroxylation sites is 2. The molecular formula is C48H26O3. The average Bonchev–Trinajstić information content (AvgIpc) is 3.87. The first kappa shape index (κ1) is 27.0. The Bertz CT molecular complexity index is 3370. The summed E-state index contributed by atoms with van der Waals surface area (Å²) in [7, 11) is 0. The lowest BCUT2D eigenvalue weighted by molar-refractivity contribution is 0.668. The highest BCUT2D eigenvalue weighted by Crippen LogP contribution is 2.47. The summed E-state index contributed by atoms with van der Waals surface area (Å²) in [5, 5.41) is 13.9. The second-order valence-electron chi connectivity index (χ2n) is 13.5. The predicted octanol–water partition coefficient (Wildman–Crippen LogP) is 14.2. The molecular weight excluding hydrogens is 625 g/mol. The topological polar surface area (TPSA) is 39.4 Å². The molecule has 51 heavy (non-hydrogen) atoms. The molecule has 0 atom stereocenters. The molecule has 0 aliphatic carbocycles. The van der Waals surface area contributed by atoms with Crippen LogP contribution in [0.15, 0.2) is 171 Å². The van der Waals surface area contributed by atoms with E-state index in [0.29, 0.717) is 0 Å². The minimum atomic E-state index is 0.870. The monoisotopic (exact) mass is 650 g/mol. The van der Waals surface area contributed by atoms with E-state index >= 15 is 0 Å². The van der Waals surface area contributed by atoms with E-state index < -0.39 is 0 Å². The van der Waals surface area contributed by atoms with Crippen molar-refractivity contribution < 1.29 is 13.3 Å². The van der Waals surface area contributed by atoms with Crippen molar-refractivity contribution in [3.05, 3.63) is 158 Å². The van der Waals surface area contributed by atoms with Crippen molar-refractivity contribution in [2.75, 3.05) is 0 Å². The highest BCUT2D eigenvalue weighted by Gasteiger charge is 2.21. The third-order valence-corrected chi connectivity index (χ3v) is 10.8. The van der Waals surface area contributed by atoms with Gasteiger partial charge >= 0.3 is 0 Å². The zero-order chi connectivity index (χ0) is 33.2. The molecule has 0 amide bonds. The summed E-state index contributed by atoms with van der Waals surface area (Å²) in [6.07, 6.45) is 0. The Morgan fingerprint density at radius 2 is 0.686 bits per heavy atom. The average molecular weight is 651 g/mol. The lowest BCUT2D eigenvalue weighted by Crippen LogP contribution is -1.90. The van der Waals surface area contributed by atoms with Crippen LogP contribution in [0.2, 0.25) is 0 Å². The molecule has 0 N–H and O–H groups in total. The van der Waals surface area contributed by atoms with Gasteiger partial charge in [-0.2, -0.15) is 0 Å². The highest BCUT2D eigenvalue weighted by molar-refractivity contribution is 6.31. The molecule has 3 heteroatoms. The summed E-state index contributed by atoms with van der Waals surface area (Å²) in [5.41, 5.74) is 10.1. The van der Waals surface area contributed by atoms with E-state index in [-0.39, 0.29) is 0 Å². The SMILES string of the molecule is c1ccc2c(c1)oc1ccc(-c3c4ccccc4c(-c4ccc5c(c4)oc4ccc6ccc7oc8ccccc8c7c6c45)c4ccccc34)cc12. The lowest BCUT2D eigenvalue weighted by Gasteiger charge is -2.17. The zero-order valence-corrected chi connectivity index (χ0v) is 27.2. The van der Waals surface area contributed by atoms with Crippen LogP contribution in [0.4, 0.5) is 0 Å². The molecule has 0 bridgehead atoms. The molecule has 0 unspecified atom stereocenters. The molecule has 0 fully saturated rings. The Kier molecular flexibility index (Phi) is 5.23. The number of furan rings is 3.